The summed E-state index contributed by atoms with van der Waals surface area (Å²) in [6.45, 7) is 4.16. The number of hydrogen-bond donors (Lipinski definition) is 1. The molecule has 3 rings (SSSR count). The van der Waals surface area contributed by atoms with Crippen molar-refractivity contribution in [2.75, 3.05) is 33.1 Å². The molecule has 2 aromatic rings. The predicted octanol–water partition coefficient (Wildman–Crippen LogP) is 4.40. The van der Waals surface area contributed by atoms with Crippen LogP contribution in [-0.4, -0.2) is 44.0 Å². The van der Waals surface area contributed by atoms with Gasteiger partial charge in [-0.25, -0.2) is 4.79 Å². The number of carbonyl (C=O) groups is 1. The van der Waals surface area contributed by atoms with E-state index in [0.717, 1.165) is 30.8 Å². The highest BCUT2D eigenvalue weighted by atomic mass is 32.2. The molecule has 1 aliphatic rings. The lowest BCUT2D eigenvalue weighted by Gasteiger charge is -2.21. The molecule has 2 aromatic carbocycles. The van der Waals surface area contributed by atoms with Gasteiger partial charge in [0.2, 0.25) is 0 Å². The molecule has 0 aliphatic carbocycles. The summed E-state index contributed by atoms with van der Waals surface area (Å²) in [6, 6.07) is 14.2. The van der Waals surface area contributed by atoms with E-state index in [9.17, 15) is 4.79 Å². The van der Waals surface area contributed by atoms with E-state index >= 15 is 0 Å². The number of carbonyl (C=O) groups excluding carboxylic acids is 1. The molecule has 0 aromatic heterocycles. The van der Waals surface area contributed by atoms with Crippen molar-refractivity contribution in [1.29, 1.82) is 0 Å². The van der Waals surface area contributed by atoms with Gasteiger partial charge in [-0.05, 0) is 42.2 Å². The highest BCUT2D eigenvalue weighted by Gasteiger charge is 2.22. The molecule has 0 saturated carbocycles. The topological polar surface area (TPSA) is 50.8 Å². The number of urea groups is 1. The lowest BCUT2D eigenvalue weighted by molar-refractivity contribution is 0.200. The molecule has 0 radical (unpaired) electrons. The van der Waals surface area contributed by atoms with Crippen molar-refractivity contribution in [1.82, 2.24) is 10.2 Å². The number of hydrogen-bond acceptors (Lipinski definition) is 4. The number of nitrogens with one attached hydrogen (secondary N) is 1. The van der Waals surface area contributed by atoms with Gasteiger partial charge in [-0.2, -0.15) is 11.8 Å². The number of rotatable bonds is 5. The minimum Gasteiger partial charge on any atom is -0.493 e. The number of amides is 2. The van der Waals surface area contributed by atoms with E-state index in [0.29, 0.717) is 23.3 Å². The third kappa shape index (κ3) is 4.93. The van der Waals surface area contributed by atoms with Crippen LogP contribution >= 0.6 is 11.8 Å². The van der Waals surface area contributed by atoms with E-state index < -0.39 is 0 Å². The Bertz CT molecular complexity index is 812. The van der Waals surface area contributed by atoms with Gasteiger partial charge in [-0.3, -0.25) is 0 Å². The molecule has 0 unspecified atom stereocenters. The fourth-order valence-corrected chi connectivity index (χ4v) is 4.78. The lowest BCUT2D eigenvalue weighted by Crippen LogP contribution is -2.40. The summed E-state index contributed by atoms with van der Waals surface area (Å²) in [7, 11) is 3.22. The number of nitrogens with zero attached hydrogens (tertiary/aromatic N) is 1. The highest BCUT2D eigenvalue weighted by molar-refractivity contribution is 7.99. The van der Waals surface area contributed by atoms with Gasteiger partial charge < -0.3 is 19.7 Å². The van der Waals surface area contributed by atoms with Crippen LogP contribution in [0.2, 0.25) is 0 Å². The summed E-state index contributed by atoms with van der Waals surface area (Å²) in [4.78, 5) is 14.6. The maximum absolute atomic E-state index is 12.7. The second-order valence-electron chi connectivity index (χ2n) is 6.84. The van der Waals surface area contributed by atoms with E-state index in [1.165, 1.54) is 11.1 Å². The van der Waals surface area contributed by atoms with E-state index in [-0.39, 0.29) is 6.03 Å². The summed E-state index contributed by atoms with van der Waals surface area (Å²) in [6.07, 6.45) is 0.972. The molecule has 1 atom stereocenters. The first-order chi connectivity index (χ1) is 13.6. The van der Waals surface area contributed by atoms with Crippen molar-refractivity contribution in [3.63, 3.8) is 0 Å². The molecular formula is C22H28N2O3S. The van der Waals surface area contributed by atoms with Crippen LogP contribution in [0.15, 0.2) is 42.5 Å². The Labute approximate surface area is 171 Å². The van der Waals surface area contributed by atoms with Gasteiger partial charge in [0, 0.05) is 30.6 Å². The Morgan fingerprint density at radius 2 is 1.93 bits per heavy atom. The molecule has 0 bridgehead atoms. The Morgan fingerprint density at radius 1 is 1.14 bits per heavy atom. The smallest absolute Gasteiger partial charge is 0.317 e. The molecule has 1 heterocycles. The Balaban J connectivity index is 1.56. The van der Waals surface area contributed by atoms with Crippen LogP contribution in [0.4, 0.5) is 4.79 Å². The number of thioether (sulfide) groups is 1. The van der Waals surface area contributed by atoms with Crippen molar-refractivity contribution in [3.05, 3.63) is 59.2 Å². The second-order valence-corrected chi connectivity index (χ2v) is 8.15. The first-order valence-corrected chi connectivity index (χ1v) is 10.6. The van der Waals surface area contributed by atoms with Crippen LogP contribution in [0.3, 0.4) is 0 Å². The molecule has 1 saturated heterocycles. The van der Waals surface area contributed by atoms with Crippen molar-refractivity contribution >= 4 is 17.8 Å². The van der Waals surface area contributed by atoms with Crippen LogP contribution in [0.25, 0.3) is 0 Å². The van der Waals surface area contributed by atoms with Gasteiger partial charge in [0.15, 0.2) is 11.5 Å². The van der Waals surface area contributed by atoms with E-state index in [1.54, 1.807) is 14.2 Å². The van der Waals surface area contributed by atoms with Crippen molar-refractivity contribution in [2.45, 2.75) is 25.1 Å². The summed E-state index contributed by atoms with van der Waals surface area (Å²) in [5.41, 5.74) is 3.69. The predicted molar refractivity (Wildman–Crippen MR) is 114 cm³/mol. The second kappa shape index (κ2) is 9.73. The van der Waals surface area contributed by atoms with Crippen molar-refractivity contribution in [3.8, 4) is 11.5 Å². The van der Waals surface area contributed by atoms with Gasteiger partial charge in [0.1, 0.15) is 0 Å². The summed E-state index contributed by atoms with van der Waals surface area (Å²) in [5, 5.41) is 3.48. The SMILES string of the molecule is COc1ccc(CNC(=O)N2CCS[C@@H](c3ccccc3C)CC2)cc1OC. The standard InChI is InChI=1S/C22H28N2O3S/c1-16-6-4-5-7-18(16)21-10-11-24(12-13-28-21)22(25)23-15-17-8-9-19(26-2)20(14-17)27-3/h4-9,14,21H,10-13,15H2,1-3H3,(H,23,25)/t21-/m1/s1. The first kappa shape index (κ1) is 20.4. The van der Waals surface area contributed by atoms with Gasteiger partial charge >= 0.3 is 6.03 Å². The average Bonchev–Trinajstić information content (AvgIpc) is 2.98. The van der Waals surface area contributed by atoms with Gasteiger partial charge in [0.05, 0.1) is 14.2 Å². The number of methoxy groups -OCH3 is 2. The van der Waals surface area contributed by atoms with E-state index in [1.807, 2.05) is 34.9 Å². The zero-order valence-electron chi connectivity index (χ0n) is 16.7. The van der Waals surface area contributed by atoms with Gasteiger partial charge in [-0.15, -0.1) is 0 Å². The molecule has 5 nitrogen and oxygen atoms in total. The van der Waals surface area contributed by atoms with Gasteiger partial charge in [-0.1, -0.05) is 30.3 Å². The molecule has 28 heavy (non-hydrogen) atoms. The van der Waals surface area contributed by atoms with Crippen LogP contribution in [0, 0.1) is 6.92 Å². The number of ether oxygens (including phenoxy) is 2. The molecule has 1 fully saturated rings. The van der Waals surface area contributed by atoms with Crippen LogP contribution in [0.5, 0.6) is 11.5 Å². The van der Waals surface area contributed by atoms with Crippen molar-refractivity contribution < 1.29 is 14.3 Å². The maximum atomic E-state index is 12.7. The van der Waals surface area contributed by atoms with Crippen LogP contribution < -0.4 is 14.8 Å². The monoisotopic (exact) mass is 400 g/mol. The van der Waals surface area contributed by atoms with Crippen molar-refractivity contribution in [2.24, 2.45) is 0 Å². The highest BCUT2D eigenvalue weighted by Crippen LogP contribution is 2.36. The van der Waals surface area contributed by atoms with E-state index in [4.69, 9.17) is 9.47 Å². The summed E-state index contributed by atoms with van der Waals surface area (Å²) < 4.78 is 10.6. The fraction of sp³-hybridized carbons (Fsp3) is 0.409. The zero-order chi connectivity index (χ0) is 19.9. The zero-order valence-corrected chi connectivity index (χ0v) is 17.6. The summed E-state index contributed by atoms with van der Waals surface area (Å²) >= 11 is 1.94. The quantitative estimate of drug-likeness (QED) is 0.808. The molecule has 150 valence electrons. The first-order valence-electron chi connectivity index (χ1n) is 9.53. The van der Waals surface area contributed by atoms with Crippen LogP contribution in [0.1, 0.15) is 28.4 Å². The molecule has 1 aliphatic heterocycles. The average molecular weight is 401 g/mol. The Kier molecular flexibility index (Phi) is 7.09. The third-order valence-corrected chi connectivity index (χ3v) is 6.37. The number of benzene rings is 2. The molecule has 1 N–H and O–H groups in total. The lowest BCUT2D eigenvalue weighted by atomic mass is 10.0. The minimum absolute atomic E-state index is 0.0131. The number of aryl methyl sites for hydroxylation is 1. The maximum Gasteiger partial charge on any atom is 0.317 e. The van der Waals surface area contributed by atoms with Gasteiger partial charge in [0.25, 0.3) is 0 Å². The molecular weight excluding hydrogens is 372 g/mol. The molecule has 2 amide bonds. The molecule has 6 heteroatoms. The fourth-order valence-electron chi connectivity index (χ4n) is 3.45. The normalized spacial score (nSPS) is 17.0. The van der Waals surface area contributed by atoms with Crippen LogP contribution in [-0.2, 0) is 6.54 Å². The Hall–Kier alpha value is -2.34. The third-order valence-electron chi connectivity index (χ3n) is 5.06. The minimum atomic E-state index is -0.0131. The Morgan fingerprint density at radius 3 is 2.68 bits per heavy atom. The molecule has 0 spiro atoms. The van der Waals surface area contributed by atoms with E-state index in [2.05, 4.69) is 36.5 Å². The largest absolute Gasteiger partial charge is 0.493 e. The summed E-state index contributed by atoms with van der Waals surface area (Å²) in [5.74, 6) is 2.30.